The number of thiazole rings is 1. The van der Waals surface area contributed by atoms with Crippen molar-refractivity contribution in [2.24, 2.45) is 0 Å². The number of aromatic nitrogens is 1. The van der Waals surface area contributed by atoms with Crippen molar-refractivity contribution >= 4 is 17.3 Å². The van der Waals surface area contributed by atoms with Gasteiger partial charge in [-0.1, -0.05) is 0 Å². The molecule has 0 aliphatic heterocycles. The topological polar surface area (TPSA) is 51.2 Å². The van der Waals surface area contributed by atoms with E-state index in [9.17, 15) is 18.0 Å². The highest BCUT2D eigenvalue weighted by Gasteiger charge is 2.32. The van der Waals surface area contributed by atoms with Crippen LogP contribution in [0.4, 0.5) is 13.2 Å². The van der Waals surface area contributed by atoms with E-state index in [1.807, 2.05) is 0 Å². The minimum Gasteiger partial charge on any atom is -0.465 e. The van der Waals surface area contributed by atoms with Crippen molar-refractivity contribution < 1.29 is 22.7 Å². The Morgan fingerprint density at radius 2 is 2.35 bits per heavy atom. The number of carbonyl (C=O) groups is 1. The monoisotopic (exact) mass is 268 g/mol. The number of hydrogen-bond donors (Lipinski definition) is 1. The van der Waals surface area contributed by atoms with Gasteiger partial charge in [0, 0.05) is 11.6 Å². The van der Waals surface area contributed by atoms with Gasteiger partial charge in [0.25, 0.3) is 0 Å². The number of nitrogens with one attached hydrogen (secondary N) is 1. The van der Waals surface area contributed by atoms with Crippen molar-refractivity contribution in [1.29, 1.82) is 0 Å². The predicted molar refractivity (Wildman–Crippen MR) is 55.5 cm³/mol. The summed E-state index contributed by atoms with van der Waals surface area (Å²) < 4.78 is 40.9. The number of hydrogen-bond acceptors (Lipinski definition) is 5. The normalized spacial score (nSPS) is 13.4. The Hall–Kier alpha value is -1.15. The third kappa shape index (κ3) is 4.70. The Kier molecular flexibility index (Phi) is 4.88. The van der Waals surface area contributed by atoms with Crippen LogP contribution >= 0.6 is 11.3 Å². The van der Waals surface area contributed by atoms with Gasteiger partial charge in [-0.05, 0) is 6.92 Å². The summed E-state index contributed by atoms with van der Waals surface area (Å²) in [6.07, 6.45) is -2.97. The van der Waals surface area contributed by atoms with Gasteiger partial charge >= 0.3 is 12.1 Å². The van der Waals surface area contributed by atoms with Crippen molar-refractivity contribution in [3.8, 4) is 0 Å². The lowest BCUT2D eigenvalue weighted by atomic mass is 10.3. The van der Waals surface area contributed by atoms with E-state index < -0.39 is 24.7 Å². The molecule has 0 bridgehead atoms. The first-order valence-electron chi connectivity index (χ1n) is 4.80. The van der Waals surface area contributed by atoms with Gasteiger partial charge in [0.2, 0.25) is 0 Å². The van der Waals surface area contributed by atoms with Crippen LogP contribution in [-0.4, -0.2) is 30.3 Å². The van der Waals surface area contributed by atoms with Crippen molar-refractivity contribution in [3.05, 3.63) is 16.6 Å². The predicted octanol–water partition coefficient (Wildman–Crippen LogP) is 1.90. The molecule has 1 aromatic rings. The number of carbonyl (C=O) groups excluding carboxylic acids is 1. The van der Waals surface area contributed by atoms with Gasteiger partial charge in [0.05, 0.1) is 13.2 Å². The van der Waals surface area contributed by atoms with Crippen LogP contribution in [0.3, 0.4) is 0 Å². The summed E-state index contributed by atoms with van der Waals surface area (Å²) >= 11 is 1.09. The van der Waals surface area contributed by atoms with Crippen LogP contribution in [0.2, 0.25) is 0 Å². The Balaban J connectivity index is 2.70. The van der Waals surface area contributed by atoms with E-state index in [-0.39, 0.29) is 11.6 Å². The number of esters is 1. The zero-order valence-corrected chi connectivity index (χ0v) is 9.77. The van der Waals surface area contributed by atoms with Crippen LogP contribution < -0.4 is 5.32 Å². The highest BCUT2D eigenvalue weighted by atomic mass is 32.1. The van der Waals surface area contributed by atoms with E-state index in [2.05, 4.69) is 10.3 Å². The third-order valence-electron chi connectivity index (χ3n) is 1.73. The smallest absolute Gasteiger partial charge is 0.401 e. The molecule has 1 aromatic heterocycles. The van der Waals surface area contributed by atoms with Crippen LogP contribution in [0.25, 0.3) is 0 Å². The van der Waals surface area contributed by atoms with Crippen LogP contribution in [0, 0.1) is 0 Å². The van der Waals surface area contributed by atoms with E-state index in [1.54, 1.807) is 12.3 Å². The molecular formula is C9H11F3N2O2S. The molecule has 1 heterocycles. The number of ether oxygens (including phenoxy) is 1. The minimum absolute atomic E-state index is 0.106. The molecule has 0 spiro atoms. The van der Waals surface area contributed by atoms with Crippen LogP contribution in [0.1, 0.15) is 18.0 Å². The minimum atomic E-state index is -4.39. The molecule has 0 aliphatic rings. The molecule has 1 N–H and O–H groups in total. The fourth-order valence-electron chi connectivity index (χ4n) is 1.09. The molecule has 0 aliphatic carbocycles. The number of nitrogens with zero attached hydrogens (tertiary/aromatic N) is 1. The van der Waals surface area contributed by atoms with Gasteiger partial charge in [-0.3, -0.25) is 5.32 Å². The first kappa shape index (κ1) is 13.9. The van der Waals surface area contributed by atoms with Gasteiger partial charge in [-0.15, -0.1) is 11.3 Å². The first-order chi connectivity index (χ1) is 7.94. The van der Waals surface area contributed by atoms with Crippen LogP contribution in [0.5, 0.6) is 0 Å². The molecule has 0 fully saturated rings. The quantitative estimate of drug-likeness (QED) is 0.829. The van der Waals surface area contributed by atoms with Crippen LogP contribution in [-0.2, 0) is 9.53 Å². The molecule has 0 amide bonds. The van der Waals surface area contributed by atoms with Crippen molar-refractivity contribution in [1.82, 2.24) is 10.3 Å². The fourth-order valence-corrected chi connectivity index (χ4v) is 1.79. The molecule has 4 nitrogen and oxygen atoms in total. The maximum absolute atomic E-state index is 12.1. The Morgan fingerprint density at radius 3 is 2.82 bits per heavy atom. The highest BCUT2D eigenvalue weighted by Crippen LogP contribution is 2.20. The summed E-state index contributed by atoms with van der Waals surface area (Å²) in [4.78, 5) is 15.3. The average Bonchev–Trinajstić information content (AvgIpc) is 2.70. The average molecular weight is 268 g/mol. The Morgan fingerprint density at radius 1 is 1.65 bits per heavy atom. The second-order valence-corrected chi connectivity index (χ2v) is 3.98. The third-order valence-corrected chi connectivity index (χ3v) is 2.57. The summed E-state index contributed by atoms with van der Waals surface area (Å²) in [6.45, 7) is 0.422. The molecule has 0 aromatic carbocycles. The van der Waals surface area contributed by atoms with E-state index >= 15 is 0 Å². The van der Waals surface area contributed by atoms with E-state index in [1.165, 1.54) is 6.20 Å². The molecule has 0 saturated carbocycles. The lowest BCUT2D eigenvalue weighted by molar-refractivity contribution is -0.149. The van der Waals surface area contributed by atoms with Gasteiger partial charge in [-0.25, -0.2) is 9.78 Å². The molecule has 96 valence electrons. The molecule has 0 radical (unpaired) electrons. The molecule has 1 rings (SSSR count). The standard InChI is InChI=1S/C9H11F3N2O2S/c1-2-16-8(15)6(7-13-3-4-17-7)14-5-9(10,11)12/h3-4,6,14H,2,5H2,1H3. The summed E-state index contributed by atoms with van der Waals surface area (Å²) in [7, 11) is 0. The lowest BCUT2D eigenvalue weighted by Gasteiger charge is -2.16. The molecule has 1 unspecified atom stereocenters. The summed E-state index contributed by atoms with van der Waals surface area (Å²) in [5.41, 5.74) is 0. The maximum atomic E-state index is 12.1. The first-order valence-corrected chi connectivity index (χ1v) is 5.68. The summed E-state index contributed by atoms with van der Waals surface area (Å²) in [5, 5.41) is 3.93. The molecule has 8 heteroatoms. The van der Waals surface area contributed by atoms with Gasteiger partial charge in [-0.2, -0.15) is 13.2 Å². The van der Waals surface area contributed by atoms with E-state index in [4.69, 9.17) is 4.74 Å². The van der Waals surface area contributed by atoms with Crippen molar-refractivity contribution in [2.75, 3.05) is 13.2 Å². The SMILES string of the molecule is CCOC(=O)C(NCC(F)(F)F)c1nccs1. The van der Waals surface area contributed by atoms with Gasteiger partial charge in [0.15, 0.2) is 6.04 Å². The summed E-state index contributed by atoms with van der Waals surface area (Å²) in [6, 6.07) is -1.17. The molecule has 0 saturated heterocycles. The van der Waals surface area contributed by atoms with E-state index in [0.717, 1.165) is 11.3 Å². The number of halogens is 3. The molecular weight excluding hydrogens is 257 g/mol. The van der Waals surface area contributed by atoms with Crippen molar-refractivity contribution in [2.45, 2.75) is 19.1 Å². The number of alkyl halides is 3. The van der Waals surface area contributed by atoms with Gasteiger partial charge < -0.3 is 4.74 Å². The summed E-state index contributed by atoms with van der Waals surface area (Å²) in [5.74, 6) is -0.758. The van der Waals surface area contributed by atoms with Crippen molar-refractivity contribution in [3.63, 3.8) is 0 Å². The molecule has 17 heavy (non-hydrogen) atoms. The fraction of sp³-hybridized carbons (Fsp3) is 0.556. The van der Waals surface area contributed by atoms with Gasteiger partial charge in [0.1, 0.15) is 5.01 Å². The zero-order chi connectivity index (χ0) is 12.9. The highest BCUT2D eigenvalue weighted by molar-refractivity contribution is 7.09. The van der Waals surface area contributed by atoms with Crippen LogP contribution in [0.15, 0.2) is 11.6 Å². The zero-order valence-electron chi connectivity index (χ0n) is 8.95. The number of rotatable bonds is 5. The Bertz CT molecular complexity index is 354. The lowest BCUT2D eigenvalue weighted by Crippen LogP contribution is -2.36. The maximum Gasteiger partial charge on any atom is 0.401 e. The second-order valence-electron chi connectivity index (χ2n) is 3.05. The second kappa shape index (κ2) is 5.97. The largest absolute Gasteiger partial charge is 0.465 e. The molecule has 1 atom stereocenters. The van der Waals surface area contributed by atoms with E-state index in [0.29, 0.717) is 0 Å². The Labute approximate surface area is 99.8 Å².